The number of halogens is 2. The lowest BCUT2D eigenvalue weighted by Gasteiger charge is -2.59. The predicted octanol–water partition coefficient (Wildman–Crippen LogP) is 4.82. The number of carbonyl (C=O) groups excluding carboxylic acids is 2. The molecule has 4 saturated carbocycles. The lowest BCUT2D eigenvalue weighted by molar-refractivity contribution is -0.158. The monoisotopic (exact) mass is 406 g/mol. The van der Waals surface area contributed by atoms with E-state index in [4.69, 9.17) is 0 Å². The van der Waals surface area contributed by atoms with Gasteiger partial charge in [0.25, 0.3) is 0 Å². The van der Waals surface area contributed by atoms with Crippen LogP contribution in [-0.2, 0) is 9.59 Å². The highest BCUT2D eigenvalue weighted by atomic mass is 35.5. The summed E-state index contributed by atoms with van der Waals surface area (Å²) in [5, 5.41) is 0. The zero-order chi connectivity index (χ0) is 16.4. The highest BCUT2D eigenvalue weighted by Crippen LogP contribution is 2.66. The van der Waals surface area contributed by atoms with Crippen molar-refractivity contribution in [3.63, 3.8) is 0 Å². The molecule has 4 fully saturated rings. The van der Waals surface area contributed by atoms with Crippen molar-refractivity contribution in [1.82, 2.24) is 0 Å². The minimum atomic E-state index is -0.0397. The molecule has 4 aliphatic carbocycles. The van der Waals surface area contributed by atoms with Gasteiger partial charge in [-0.1, -0.05) is 26.7 Å². The Hall–Kier alpha value is -0.120. The number of hydrogen-bond acceptors (Lipinski definition) is 2. The van der Waals surface area contributed by atoms with E-state index in [0.717, 1.165) is 12.3 Å². The fourth-order valence-electron chi connectivity index (χ4n) is 7.78. The second-order valence-corrected chi connectivity index (χ2v) is 9.66. The summed E-state index contributed by atoms with van der Waals surface area (Å²) >= 11 is 0. The Morgan fingerprint density at radius 3 is 2.31 bits per heavy atom. The van der Waals surface area contributed by atoms with E-state index in [2.05, 4.69) is 13.8 Å². The average molecular weight is 407 g/mol. The first-order valence-corrected chi connectivity index (χ1v) is 9.91. The first kappa shape index (κ1) is 23.9. The van der Waals surface area contributed by atoms with Crippen molar-refractivity contribution in [2.24, 2.45) is 40.4 Å². The fraction of sp³-hybridized carbons (Fsp3) is 0.905. The standard InChI is InChI=1S/C21H32O2.2ClH.H2O/c1-13(22)16-9-10-17-15-8-7-14-6-4-5-11-20(14,2)19(15)18(23)12-21(16,17)3;;;/h14-17,19H,4-12H2,1-3H3;2*1H;1H2/t14-,15-,16+,17-,19+,20-,21+;;;/m0.../s1. The number of hydrogen-bond donors (Lipinski definition) is 0. The van der Waals surface area contributed by atoms with Crippen LogP contribution in [0.15, 0.2) is 0 Å². The van der Waals surface area contributed by atoms with Crippen LogP contribution in [0.3, 0.4) is 0 Å². The van der Waals surface area contributed by atoms with Gasteiger partial charge in [-0.25, -0.2) is 0 Å². The molecule has 0 amide bonds. The molecule has 2 N–H and O–H groups in total. The Kier molecular flexibility index (Phi) is 7.44. The molecular formula is C21H36Cl2O3. The first-order chi connectivity index (χ1) is 10.9. The largest absolute Gasteiger partial charge is 0.412 e. The van der Waals surface area contributed by atoms with Gasteiger partial charge in [-0.05, 0) is 74.0 Å². The van der Waals surface area contributed by atoms with E-state index in [9.17, 15) is 9.59 Å². The molecule has 0 aromatic rings. The maximum Gasteiger partial charge on any atom is 0.137 e. The maximum absolute atomic E-state index is 13.3. The number of rotatable bonds is 1. The Labute approximate surface area is 170 Å². The van der Waals surface area contributed by atoms with Crippen molar-refractivity contribution in [3.05, 3.63) is 0 Å². The van der Waals surface area contributed by atoms with Gasteiger partial charge < -0.3 is 5.48 Å². The van der Waals surface area contributed by atoms with Gasteiger partial charge in [0.1, 0.15) is 11.6 Å². The molecule has 0 radical (unpaired) electrons. The SMILES string of the molecule is CC(=O)[C@H]1CC[C@H]2[C@@H]3CC[C@@H]4CCCC[C@]4(C)[C@H]3C(=O)C[C@]12C.Cl.Cl.O. The fourth-order valence-corrected chi connectivity index (χ4v) is 7.78. The quantitative estimate of drug-likeness (QED) is 0.625. The van der Waals surface area contributed by atoms with E-state index < -0.39 is 0 Å². The van der Waals surface area contributed by atoms with Gasteiger partial charge in [-0.15, -0.1) is 24.8 Å². The zero-order valence-corrected chi connectivity index (χ0v) is 18.0. The zero-order valence-electron chi connectivity index (χ0n) is 16.4. The van der Waals surface area contributed by atoms with Crippen LogP contribution in [0.25, 0.3) is 0 Å². The predicted molar refractivity (Wildman–Crippen MR) is 109 cm³/mol. The minimum Gasteiger partial charge on any atom is -0.412 e. The van der Waals surface area contributed by atoms with Crippen LogP contribution >= 0.6 is 24.8 Å². The van der Waals surface area contributed by atoms with Crippen molar-refractivity contribution >= 4 is 36.4 Å². The van der Waals surface area contributed by atoms with Crippen molar-refractivity contribution in [2.45, 2.75) is 78.6 Å². The van der Waals surface area contributed by atoms with Crippen LogP contribution in [0.1, 0.15) is 78.6 Å². The summed E-state index contributed by atoms with van der Waals surface area (Å²) in [6.45, 7) is 6.44. The smallest absolute Gasteiger partial charge is 0.137 e. The topological polar surface area (TPSA) is 65.6 Å². The van der Waals surface area contributed by atoms with Gasteiger partial charge in [0, 0.05) is 18.3 Å². The summed E-state index contributed by atoms with van der Waals surface area (Å²) in [7, 11) is 0. The lowest BCUT2D eigenvalue weighted by atomic mass is 9.44. The van der Waals surface area contributed by atoms with Crippen LogP contribution in [0.2, 0.25) is 0 Å². The lowest BCUT2D eigenvalue weighted by Crippen LogP contribution is -2.57. The molecule has 5 heteroatoms. The summed E-state index contributed by atoms with van der Waals surface area (Å²) < 4.78 is 0. The molecule has 4 aliphatic rings. The Morgan fingerprint density at radius 1 is 0.962 bits per heavy atom. The first-order valence-electron chi connectivity index (χ1n) is 9.91. The summed E-state index contributed by atoms with van der Waals surface area (Å²) in [4.78, 5) is 25.4. The van der Waals surface area contributed by atoms with Crippen LogP contribution in [0.4, 0.5) is 0 Å². The Morgan fingerprint density at radius 2 is 1.65 bits per heavy atom. The molecule has 0 heterocycles. The molecule has 7 atom stereocenters. The molecule has 0 bridgehead atoms. The average Bonchev–Trinajstić information content (AvgIpc) is 2.82. The molecule has 0 saturated heterocycles. The molecule has 0 aliphatic heterocycles. The highest BCUT2D eigenvalue weighted by molar-refractivity contribution is 5.87. The third kappa shape index (κ3) is 3.16. The van der Waals surface area contributed by atoms with Gasteiger partial charge in [0.15, 0.2) is 0 Å². The molecule has 26 heavy (non-hydrogen) atoms. The third-order valence-electron chi connectivity index (χ3n) is 8.76. The van der Waals surface area contributed by atoms with Gasteiger partial charge >= 0.3 is 0 Å². The number of Topliss-reactive ketones (excluding diaryl/α,β-unsaturated/α-hetero) is 2. The van der Waals surface area contributed by atoms with Crippen LogP contribution in [-0.4, -0.2) is 17.0 Å². The van der Waals surface area contributed by atoms with E-state index in [1.807, 2.05) is 0 Å². The molecular weight excluding hydrogens is 371 g/mol. The second-order valence-electron chi connectivity index (χ2n) is 9.66. The van der Waals surface area contributed by atoms with Crippen LogP contribution < -0.4 is 0 Å². The molecule has 4 rings (SSSR count). The van der Waals surface area contributed by atoms with Gasteiger partial charge in [0.2, 0.25) is 0 Å². The highest BCUT2D eigenvalue weighted by Gasteiger charge is 2.63. The number of carbonyl (C=O) groups is 2. The summed E-state index contributed by atoms with van der Waals surface area (Å²) in [5.74, 6) is 3.20. The molecule has 152 valence electrons. The van der Waals surface area contributed by atoms with E-state index >= 15 is 0 Å². The minimum absolute atomic E-state index is 0. The summed E-state index contributed by atoms with van der Waals surface area (Å²) in [6, 6.07) is 0. The van der Waals surface area contributed by atoms with E-state index in [0.29, 0.717) is 35.7 Å². The van der Waals surface area contributed by atoms with E-state index in [1.54, 1.807) is 6.92 Å². The molecule has 0 spiro atoms. The number of fused-ring (bicyclic) bond motifs is 5. The van der Waals surface area contributed by atoms with E-state index in [1.165, 1.54) is 44.9 Å². The molecule has 0 aromatic heterocycles. The molecule has 0 aromatic carbocycles. The van der Waals surface area contributed by atoms with Crippen LogP contribution in [0.5, 0.6) is 0 Å². The van der Waals surface area contributed by atoms with Crippen molar-refractivity contribution in [1.29, 1.82) is 0 Å². The summed E-state index contributed by atoms with van der Waals surface area (Å²) in [5.41, 5.74) is 0.218. The summed E-state index contributed by atoms with van der Waals surface area (Å²) in [6.07, 6.45) is 10.7. The second kappa shape index (κ2) is 8.09. The van der Waals surface area contributed by atoms with Gasteiger partial charge in [0.05, 0.1) is 0 Å². The van der Waals surface area contributed by atoms with Crippen molar-refractivity contribution in [3.8, 4) is 0 Å². The van der Waals surface area contributed by atoms with Crippen LogP contribution in [0, 0.1) is 40.4 Å². The van der Waals surface area contributed by atoms with Crippen molar-refractivity contribution < 1.29 is 15.1 Å². The van der Waals surface area contributed by atoms with Crippen molar-refractivity contribution in [2.75, 3.05) is 0 Å². The number of ketones is 2. The Bertz CT molecular complexity index is 551. The third-order valence-corrected chi connectivity index (χ3v) is 8.76. The maximum atomic E-state index is 13.3. The van der Waals surface area contributed by atoms with Gasteiger partial charge in [-0.2, -0.15) is 0 Å². The molecule has 3 nitrogen and oxygen atoms in total. The molecule has 0 unspecified atom stereocenters. The van der Waals surface area contributed by atoms with Gasteiger partial charge in [-0.3, -0.25) is 9.59 Å². The Balaban J connectivity index is 0.00000113. The normalized spacial score (nSPS) is 46.4. The van der Waals surface area contributed by atoms with E-state index in [-0.39, 0.29) is 47.0 Å².